The van der Waals surface area contributed by atoms with E-state index in [0.29, 0.717) is 0 Å². The van der Waals surface area contributed by atoms with Gasteiger partial charge in [-0.2, -0.15) is 0 Å². The number of hydrogen-bond donors (Lipinski definition) is 2. The molecular formula is C12H28N2O2S. The van der Waals surface area contributed by atoms with E-state index in [1.807, 2.05) is 13.8 Å². The van der Waals surface area contributed by atoms with Gasteiger partial charge in [0.2, 0.25) is 10.0 Å². The molecule has 0 bridgehead atoms. The fourth-order valence-electron chi connectivity index (χ4n) is 1.48. The third-order valence-electron chi connectivity index (χ3n) is 2.16. The van der Waals surface area contributed by atoms with Crippen molar-refractivity contribution in [3.63, 3.8) is 0 Å². The SMILES string of the molecule is CC(C)NS(=O)(=O)CCCCCNC(C)(C)C. The molecular weight excluding hydrogens is 236 g/mol. The Hall–Kier alpha value is -0.130. The lowest BCUT2D eigenvalue weighted by Crippen LogP contribution is -2.36. The first-order chi connectivity index (χ1) is 7.62. The average Bonchev–Trinajstić information content (AvgIpc) is 2.06. The molecule has 0 aliphatic carbocycles. The standard InChI is InChI=1S/C12H28N2O2S/c1-11(2)14-17(15,16)10-8-6-7-9-13-12(3,4)5/h11,13-14H,6-10H2,1-5H3. The second kappa shape index (κ2) is 7.34. The Balaban J connectivity index is 3.59. The summed E-state index contributed by atoms with van der Waals surface area (Å²) in [6.45, 7) is 11.0. The molecule has 0 aromatic carbocycles. The number of sulfonamides is 1. The predicted octanol–water partition coefficient (Wildman–Crippen LogP) is 1.87. The van der Waals surface area contributed by atoms with E-state index in [1.54, 1.807) is 0 Å². The van der Waals surface area contributed by atoms with E-state index in [9.17, 15) is 8.42 Å². The Kier molecular flexibility index (Phi) is 7.28. The molecule has 0 spiro atoms. The molecule has 0 saturated heterocycles. The predicted molar refractivity (Wildman–Crippen MR) is 73.7 cm³/mol. The summed E-state index contributed by atoms with van der Waals surface area (Å²) < 4.78 is 25.6. The van der Waals surface area contributed by atoms with Gasteiger partial charge < -0.3 is 5.32 Å². The van der Waals surface area contributed by atoms with Gasteiger partial charge >= 0.3 is 0 Å². The molecule has 4 nitrogen and oxygen atoms in total. The van der Waals surface area contributed by atoms with Crippen molar-refractivity contribution in [2.24, 2.45) is 0 Å². The van der Waals surface area contributed by atoms with Crippen molar-refractivity contribution in [1.29, 1.82) is 0 Å². The van der Waals surface area contributed by atoms with Gasteiger partial charge in [-0.3, -0.25) is 0 Å². The van der Waals surface area contributed by atoms with Gasteiger partial charge in [-0.25, -0.2) is 13.1 Å². The summed E-state index contributed by atoms with van der Waals surface area (Å²) >= 11 is 0. The van der Waals surface area contributed by atoms with Crippen LogP contribution in [0.2, 0.25) is 0 Å². The van der Waals surface area contributed by atoms with Crippen LogP contribution in [-0.2, 0) is 10.0 Å². The van der Waals surface area contributed by atoms with Crippen LogP contribution in [0.5, 0.6) is 0 Å². The number of nitrogens with one attached hydrogen (secondary N) is 2. The molecule has 0 aromatic heterocycles. The maximum absolute atomic E-state index is 11.5. The highest BCUT2D eigenvalue weighted by molar-refractivity contribution is 7.89. The quantitative estimate of drug-likeness (QED) is 0.658. The summed E-state index contributed by atoms with van der Waals surface area (Å²) in [7, 11) is -3.07. The molecule has 0 heterocycles. The lowest BCUT2D eigenvalue weighted by molar-refractivity contribution is 0.418. The van der Waals surface area contributed by atoms with E-state index in [-0.39, 0.29) is 17.3 Å². The fourth-order valence-corrected chi connectivity index (χ4v) is 2.90. The maximum atomic E-state index is 11.5. The minimum Gasteiger partial charge on any atom is -0.312 e. The van der Waals surface area contributed by atoms with Crippen LogP contribution in [0.1, 0.15) is 53.9 Å². The van der Waals surface area contributed by atoms with E-state index < -0.39 is 10.0 Å². The van der Waals surface area contributed by atoms with Crippen LogP contribution in [0.4, 0.5) is 0 Å². The first kappa shape index (κ1) is 16.9. The molecule has 0 aromatic rings. The number of rotatable bonds is 8. The summed E-state index contributed by atoms with van der Waals surface area (Å²) in [6, 6.07) is -0.0115. The van der Waals surface area contributed by atoms with Gasteiger partial charge in [0, 0.05) is 11.6 Å². The van der Waals surface area contributed by atoms with Crippen LogP contribution in [0.15, 0.2) is 0 Å². The maximum Gasteiger partial charge on any atom is 0.211 e. The van der Waals surface area contributed by atoms with Crippen LogP contribution in [0.25, 0.3) is 0 Å². The molecule has 5 heteroatoms. The van der Waals surface area contributed by atoms with Crippen molar-refractivity contribution >= 4 is 10.0 Å². The Bertz CT molecular complexity index is 292. The largest absolute Gasteiger partial charge is 0.312 e. The van der Waals surface area contributed by atoms with Gasteiger partial charge in [-0.15, -0.1) is 0 Å². The number of unbranched alkanes of at least 4 members (excludes halogenated alkanes) is 2. The molecule has 0 amide bonds. The van der Waals surface area contributed by atoms with Gasteiger partial charge in [-0.05, 0) is 54.0 Å². The molecule has 0 radical (unpaired) electrons. The van der Waals surface area contributed by atoms with Crippen molar-refractivity contribution in [3.8, 4) is 0 Å². The lowest BCUT2D eigenvalue weighted by Gasteiger charge is -2.20. The van der Waals surface area contributed by atoms with E-state index in [1.165, 1.54) is 0 Å². The van der Waals surface area contributed by atoms with E-state index in [0.717, 1.165) is 25.8 Å². The topological polar surface area (TPSA) is 58.2 Å². The van der Waals surface area contributed by atoms with Crippen LogP contribution >= 0.6 is 0 Å². The molecule has 2 N–H and O–H groups in total. The third kappa shape index (κ3) is 12.1. The Morgan fingerprint density at radius 2 is 1.65 bits per heavy atom. The zero-order valence-electron chi connectivity index (χ0n) is 11.8. The second-order valence-electron chi connectivity index (χ2n) is 5.83. The van der Waals surface area contributed by atoms with E-state index in [4.69, 9.17) is 0 Å². The first-order valence-electron chi connectivity index (χ1n) is 6.37. The van der Waals surface area contributed by atoms with Crippen LogP contribution in [0, 0.1) is 0 Å². The van der Waals surface area contributed by atoms with Crippen molar-refractivity contribution in [2.45, 2.75) is 65.5 Å². The molecule has 0 aliphatic rings. The Morgan fingerprint density at radius 3 is 2.12 bits per heavy atom. The molecule has 0 atom stereocenters. The molecule has 0 saturated carbocycles. The van der Waals surface area contributed by atoms with E-state index in [2.05, 4.69) is 30.8 Å². The molecule has 0 fully saturated rings. The summed E-state index contributed by atoms with van der Waals surface area (Å²) in [4.78, 5) is 0. The summed E-state index contributed by atoms with van der Waals surface area (Å²) in [5, 5.41) is 3.39. The minimum atomic E-state index is -3.07. The highest BCUT2D eigenvalue weighted by Gasteiger charge is 2.11. The Labute approximate surface area is 107 Å². The fraction of sp³-hybridized carbons (Fsp3) is 1.00. The summed E-state index contributed by atoms with van der Waals surface area (Å²) in [6.07, 6.45) is 2.70. The van der Waals surface area contributed by atoms with Crippen LogP contribution < -0.4 is 10.0 Å². The normalized spacial score (nSPS) is 13.3. The van der Waals surface area contributed by atoms with Gasteiger partial charge in [0.15, 0.2) is 0 Å². The smallest absolute Gasteiger partial charge is 0.211 e. The lowest BCUT2D eigenvalue weighted by atomic mass is 10.1. The average molecular weight is 264 g/mol. The molecule has 104 valence electrons. The zero-order valence-corrected chi connectivity index (χ0v) is 12.7. The highest BCUT2D eigenvalue weighted by Crippen LogP contribution is 2.02. The van der Waals surface area contributed by atoms with Gasteiger partial charge in [0.05, 0.1) is 5.75 Å². The summed E-state index contributed by atoms with van der Waals surface area (Å²) in [5.41, 5.74) is 0.144. The molecule has 0 rings (SSSR count). The second-order valence-corrected chi connectivity index (χ2v) is 7.70. The van der Waals surface area contributed by atoms with Crippen molar-refractivity contribution in [2.75, 3.05) is 12.3 Å². The van der Waals surface area contributed by atoms with Crippen molar-refractivity contribution in [1.82, 2.24) is 10.0 Å². The van der Waals surface area contributed by atoms with Crippen molar-refractivity contribution < 1.29 is 8.42 Å². The minimum absolute atomic E-state index is 0.0115. The monoisotopic (exact) mass is 264 g/mol. The Morgan fingerprint density at radius 1 is 1.06 bits per heavy atom. The van der Waals surface area contributed by atoms with Gasteiger partial charge in [-0.1, -0.05) is 6.42 Å². The third-order valence-corrected chi connectivity index (χ3v) is 3.82. The van der Waals surface area contributed by atoms with Crippen LogP contribution in [0.3, 0.4) is 0 Å². The van der Waals surface area contributed by atoms with Crippen LogP contribution in [-0.4, -0.2) is 32.3 Å². The highest BCUT2D eigenvalue weighted by atomic mass is 32.2. The molecule has 17 heavy (non-hydrogen) atoms. The molecule has 0 unspecified atom stereocenters. The zero-order chi connectivity index (χ0) is 13.5. The van der Waals surface area contributed by atoms with Gasteiger partial charge in [0.25, 0.3) is 0 Å². The molecule has 0 aliphatic heterocycles. The van der Waals surface area contributed by atoms with E-state index >= 15 is 0 Å². The first-order valence-corrected chi connectivity index (χ1v) is 8.03. The number of hydrogen-bond acceptors (Lipinski definition) is 3. The summed E-state index contributed by atoms with van der Waals surface area (Å²) in [5.74, 6) is 0.237. The van der Waals surface area contributed by atoms with Crippen molar-refractivity contribution in [3.05, 3.63) is 0 Å². The van der Waals surface area contributed by atoms with Gasteiger partial charge in [0.1, 0.15) is 0 Å².